The highest BCUT2D eigenvalue weighted by molar-refractivity contribution is 5.95. The fourth-order valence-corrected chi connectivity index (χ4v) is 4.97. The number of nitrogens with zero attached hydrogens (tertiary/aromatic N) is 4. The molecule has 32 heavy (non-hydrogen) atoms. The Morgan fingerprint density at radius 3 is 2.31 bits per heavy atom. The van der Waals surface area contributed by atoms with Crippen LogP contribution in [0.3, 0.4) is 0 Å². The van der Waals surface area contributed by atoms with Crippen molar-refractivity contribution in [3.8, 4) is 0 Å². The van der Waals surface area contributed by atoms with E-state index in [1.807, 2.05) is 46.5 Å². The summed E-state index contributed by atoms with van der Waals surface area (Å²) in [5.74, 6) is 0.229. The van der Waals surface area contributed by atoms with Crippen LogP contribution >= 0.6 is 0 Å². The maximum Gasteiger partial charge on any atom is 0.257 e. The molecule has 2 aliphatic heterocycles. The van der Waals surface area contributed by atoms with Gasteiger partial charge in [-0.25, -0.2) is 0 Å². The van der Waals surface area contributed by atoms with Gasteiger partial charge < -0.3 is 14.5 Å². The van der Waals surface area contributed by atoms with Gasteiger partial charge in [-0.15, -0.1) is 0 Å². The smallest absolute Gasteiger partial charge is 0.257 e. The largest absolute Gasteiger partial charge is 0.372 e. The maximum absolute atomic E-state index is 13.3. The fraction of sp³-hybridized carbons (Fsp3) is 0.560. The predicted molar refractivity (Wildman–Crippen MR) is 122 cm³/mol. The van der Waals surface area contributed by atoms with Crippen molar-refractivity contribution >= 4 is 11.8 Å². The zero-order valence-corrected chi connectivity index (χ0v) is 19.4. The van der Waals surface area contributed by atoms with Gasteiger partial charge in [0.1, 0.15) is 0 Å². The van der Waals surface area contributed by atoms with Crippen molar-refractivity contribution in [1.29, 1.82) is 0 Å². The number of hydrogen-bond donors (Lipinski definition) is 0. The number of amides is 2. The van der Waals surface area contributed by atoms with Crippen LogP contribution in [0, 0.1) is 5.92 Å². The van der Waals surface area contributed by atoms with Crippen molar-refractivity contribution in [2.45, 2.75) is 58.8 Å². The van der Waals surface area contributed by atoms with Gasteiger partial charge in [0.25, 0.3) is 5.91 Å². The van der Waals surface area contributed by atoms with Crippen molar-refractivity contribution in [1.82, 2.24) is 19.6 Å². The van der Waals surface area contributed by atoms with Gasteiger partial charge in [-0.3, -0.25) is 14.3 Å². The first kappa shape index (κ1) is 22.5. The molecule has 0 aliphatic carbocycles. The molecular formula is C25H34N4O3. The molecule has 0 spiro atoms. The SMILES string of the molecule is CCc1c(C(=O)N2CCC(C(=O)N3CC(C)OC(C)C3)CC2)cnn1Cc1ccccc1. The fourth-order valence-electron chi connectivity index (χ4n) is 4.97. The van der Waals surface area contributed by atoms with Crippen molar-refractivity contribution in [2.75, 3.05) is 26.2 Å². The van der Waals surface area contributed by atoms with Gasteiger partial charge in [-0.05, 0) is 38.7 Å². The Balaban J connectivity index is 1.38. The molecule has 2 aliphatic rings. The Morgan fingerprint density at radius 1 is 1.03 bits per heavy atom. The lowest BCUT2D eigenvalue weighted by Crippen LogP contribution is -2.51. The topological polar surface area (TPSA) is 67.7 Å². The van der Waals surface area contributed by atoms with Gasteiger partial charge in [0.15, 0.2) is 0 Å². The number of hydrogen-bond acceptors (Lipinski definition) is 4. The van der Waals surface area contributed by atoms with Crippen molar-refractivity contribution in [3.63, 3.8) is 0 Å². The lowest BCUT2D eigenvalue weighted by Gasteiger charge is -2.39. The second-order valence-corrected chi connectivity index (χ2v) is 9.07. The van der Waals surface area contributed by atoms with Gasteiger partial charge in [-0.1, -0.05) is 37.3 Å². The van der Waals surface area contributed by atoms with Crippen LogP contribution in [-0.4, -0.2) is 69.8 Å². The van der Waals surface area contributed by atoms with E-state index in [2.05, 4.69) is 24.2 Å². The standard InChI is InChI=1S/C25H34N4O3/c1-4-23-22(14-26-29(23)17-20-8-6-5-7-9-20)25(31)27-12-10-21(11-13-27)24(30)28-15-18(2)32-19(3)16-28/h5-9,14,18-19,21H,4,10-13,15-17H2,1-3H3. The molecule has 0 bridgehead atoms. The lowest BCUT2D eigenvalue weighted by atomic mass is 9.94. The predicted octanol–water partition coefficient (Wildman–Crippen LogP) is 2.98. The minimum atomic E-state index is -0.0111. The summed E-state index contributed by atoms with van der Waals surface area (Å²) in [6, 6.07) is 10.2. The third kappa shape index (κ3) is 4.88. The van der Waals surface area contributed by atoms with E-state index in [9.17, 15) is 9.59 Å². The second kappa shape index (κ2) is 9.86. The second-order valence-electron chi connectivity index (χ2n) is 9.07. The highest BCUT2D eigenvalue weighted by atomic mass is 16.5. The summed E-state index contributed by atoms with van der Waals surface area (Å²) in [5.41, 5.74) is 2.81. The van der Waals surface area contributed by atoms with Crippen LogP contribution in [0.25, 0.3) is 0 Å². The summed E-state index contributed by atoms with van der Waals surface area (Å²) in [6.07, 6.45) is 4.02. The molecule has 2 amide bonds. The summed E-state index contributed by atoms with van der Waals surface area (Å²) in [6.45, 7) is 9.27. The molecule has 0 radical (unpaired) electrons. The van der Waals surface area contributed by atoms with E-state index < -0.39 is 0 Å². The first-order valence-electron chi connectivity index (χ1n) is 11.8. The molecular weight excluding hydrogens is 404 g/mol. The van der Waals surface area contributed by atoms with Crippen LogP contribution in [0.2, 0.25) is 0 Å². The number of carbonyl (C=O) groups is 2. The van der Waals surface area contributed by atoms with Gasteiger partial charge >= 0.3 is 0 Å². The first-order valence-corrected chi connectivity index (χ1v) is 11.8. The normalized spacial score (nSPS) is 22.2. The van der Waals surface area contributed by atoms with Crippen LogP contribution in [-0.2, 0) is 22.5 Å². The highest BCUT2D eigenvalue weighted by Crippen LogP contribution is 2.24. The number of rotatable bonds is 5. The van der Waals surface area contributed by atoms with Crippen molar-refractivity contribution < 1.29 is 14.3 Å². The molecule has 2 atom stereocenters. The van der Waals surface area contributed by atoms with Gasteiger partial charge in [0.05, 0.1) is 36.2 Å². The number of ether oxygens (including phenoxy) is 1. The number of likely N-dealkylation sites (tertiary alicyclic amines) is 1. The molecule has 4 rings (SSSR count). The minimum absolute atomic E-state index is 0.0111. The van der Waals surface area contributed by atoms with E-state index in [0.717, 1.165) is 17.7 Å². The zero-order valence-electron chi connectivity index (χ0n) is 19.4. The minimum Gasteiger partial charge on any atom is -0.372 e. The van der Waals surface area contributed by atoms with Crippen LogP contribution < -0.4 is 0 Å². The number of piperidine rings is 1. The highest BCUT2D eigenvalue weighted by Gasteiger charge is 2.34. The van der Waals surface area contributed by atoms with E-state index in [0.29, 0.717) is 51.1 Å². The average molecular weight is 439 g/mol. The molecule has 3 heterocycles. The Kier molecular flexibility index (Phi) is 6.94. The van der Waals surface area contributed by atoms with Gasteiger partial charge in [-0.2, -0.15) is 5.10 Å². The molecule has 7 heteroatoms. The van der Waals surface area contributed by atoms with Crippen LogP contribution in [0.1, 0.15) is 55.2 Å². The third-order valence-corrected chi connectivity index (χ3v) is 6.55. The third-order valence-electron chi connectivity index (χ3n) is 6.55. The Bertz CT molecular complexity index is 924. The van der Waals surface area contributed by atoms with Gasteiger partial charge in [0.2, 0.25) is 5.91 Å². The number of carbonyl (C=O) groups excluding carboxylic acids is 2. The number of aromatic nitrogens is 2. The van der Waals surface area contributed by atoms with E-state index in [4.69, 9.17) is 4.74 Å². The average Bonchev–Trinajstić information content (AvgIpc) is 3.20. The molecule has 0 saturated carbocycles. The molecule has 1 aromatic carbocycles. The van der Waals surface area contributed by atoms with E-state index in [1.54, 1.807) is 6.20 Å². The van der Waals surface area contributed by atoms with Crippen LogP contribution in [0.4, 0.5) is 0 Å². The maximum atomic E-state index is 13.3. The molecule has 7 nitrogen and oxygen atoms in total. The number of benzene rings is 1. The summed E-state index contributed by atoms with van der Waals surface area (Å²) in [5, 5.41) is 4.51. The monoisotopic (exact) mass is 438 g/mol. The Labute approximate surface area is 190 Å². The van der Waals surface area contributed by atoms with E-state index in [-0.39, 0.29) is 29.9 Å². The lowest BCUT2D eigenvalue weighted by molar-refractivity contribution is -0.148. The molecule has 172 valence electrons. The van der Waals surface area contributed by atoms with Gasteiger partial charge in [0, 0.05) is 32.1 Å². The molecule has 2 unspecified atom stereocenters. The van der Waals surface area contributed by atoms with Crippen molar-refractivity contribution in [3.05, 3.63) is 53.3 Å². The molecule has 1 aromatic heterocycles. The van der Waals surface area contributed by atoms with E-state index >= 15 is 0 Å². The van der Waals surface area contributed by atoms with Crippen LogP contribution in [0.15, 0.2) is 36.5 Å². The zero-order chi connectivity index (χ0) is 22.7. The first-order chi connectivity index (χ1) is 15.5. The quantitative estimate of drug-likeness (QED) is 0.720. The molecule has 2 fully saturated rings. The number of morpholine rings is 1. The Morgan fingerprint density at radius 2 is 1.69 bits per heavy atom. The van der Waals surface area contributed by atoms with Crippen molar-refractivity contribution in [2.24, 2.45) is 5.92 Å². The molecule has 0 N–H and O–H groups in total. The van der Waals surface area contributed by atoms with E-state index in [1.165, 1.54) is 0 Å². The summed E-state index contributed by atoms with van der Waals surface area (Å²) in [7, 11) is 0. The van der Waals surface area contributed by atoms with Crippen LogP contribution in [0.5, 0.6) is 0 Å². The molecule has 2 saturated heterocycles. The summed E-state index contributed by atoms with van der Waals surface area (Å²) < 4.78 is 7.69. The summed E-state index contributed by atoms with van der Waals surface area (Å²) >= 11 is 0. The summed E-state index contributed by atoms with van der Waals surface area (Å²) in [4.78, 5) is 30.1. The Hall–Kier alpha value is -2.67. The molecule has 2 aromatic rings.